The van der Waals surface area contributed by atoms with Gasteiger partial charge in [0.25, 0.3) is 0 Å². The van der Waals surface area contributed by atoms with Crippen LogP contribution in [0.4, 0.5) is 4.39 Å². The second-order valence-electron chi connectivity index (χ2n) is 4.14. The van der Waals surface area contributed by atoms with Crippen molar-refractivity contribution in [3.63, 3.8) is 0 Å². The fourth-order valence-electron chi connectivity index (χ4n) is 1.93. The summed E-state index contributed by atoms with van der Waals surface area (Å²) in [5, 5.41) is 0. The zero-order valence-corrected chi connectivity index (χ0v) is 10.4. The summed E-state index contributed by atoms with van der Waals surface area (Å²) in [4.78, 5) is 4.09. The van der Waals surface area contributed by atoms with Crippen LogP contribution in [0, 0.1) is 12.7 Å². The standard InChI is InChI=1S/C14H15FN2O/c1-9-6-10(8-11(15)7-9)13(16)12-4-3-5-17-14(12)18-2/h3-8,13H,16H2,1-2H3. The van der Waals surface area contributed by atoms with Gasteiger partial charge in [-0.3, -0.25) is 0 Å². The highest BCUT2D eigenvalue weighted by Gasteiger charge is 2.15. The molecule has 1 unspecified atom stereocenters. The van der Waals surface area contributed by atoms with Gasteiger partial charge in [0.15, 0.2) is 0 Å². The van der Waals surface area contributed by atoms with Gasteiger partial charge in [0.05, 0.1) is 13.2 Å². The van der Waals surface area contributed by atoms with Crippen molar-refractivity contribution in [1.82, 2.24) is 4.98 Å². The highest BCUT2D eigenvalue weighted by atomic mass is 19.1. The molecule has 0 aliphatic rings. The molecule has 94 valence electrons. The van der Waals surface area contributed by atoms with Gasteiger partial charge in [-0.15, -0.1) is 0 Å². The fraction of sp³-hybridized carbons (Fsp3) is 0.214. The van der Waals surface area contributed by atoms with Gasteiger partial charge in [-0.25, -0.2) is 9.37 Å². The number of methoxy groups -OCH3 is 1. The van der Waals surface area contributed by atoms with Crippen molar-refractivity contribution in [2.45, 2.75) is 13.0 Å². The molecular formula is C14H15FN2O. The zero-order chi connectivity index (χ0) is 13.1. The number of nitrogens with zero attached hydrogens (tertiary/aromatic N) is 1. The van der Waals surface area contributed by atoms with E-state index >= 15 is 0 Å². The van der Waals surface area contributed by atoms with Gasteiger partial charge in [0.1, 0.15) is 5.82 Å². The van der Waals surface area contributed by atoms with Crippen LogP contribution in [0.3, 0.4) is 0 Å². The maximum atomic E-state index is 13.4. The van der Waals surface area contributed by atoms with Gasteiger partial charge in [-0.05, 0) is 36.2 Å². The van der Waals surface area contributed by atoms with Gasteiger partial charge in [-0.2, -0.15) is 0 Å². The Morgan fingerprint density at radius 3 is 2.78 bits per heavy atom. The molecule has 0 spiro atoms. The van der Waals surface area contributed by atoms with E-state index in [2.05, 4.69) is 4.98 Å². The van der Waals surface area contributed by atoms with Gasteiger partial charge in [0.2, 0.25) is 5.88 Å². The van der Waals surface area contributed by atoms with Crippen LogP contribution in [0.5, 0.6) is 5.88 Å². The summed E-state index contributed by atoms with van der Waals surface area (Å²) < 4.78 is 18.5. The van der Waals surface area contributed by atoms with Crippen LogP contribution in [0.15, 0.2) is 36.5 Å². The molecule has 0 radical (unpaired) electrons. The first-order chi connectivity index (χ1) is 8.61. The van der Waals surface area contributed by atoms with Crippen LogP contribution in [0.25, 0.3) is 0 Å². The Hall–Kier alpha value is -1.94. The van der Waals surface area contributed by atoms with Crippen molar-refractivity contribution in [3.8, 4) is 5.88 Å². The lowest BCUT2D eigenvalue weighted by Crippen LogP contribution is -2.14. The minimum atomic E-state index is -0.456. The molecule has 2 N–H and O–H groups in total. The molecule has 0 bridgehead atoms. The van der Waals surface area contributed by atoms with E-state index in [-0.39, 0.29) is 5.82 Å². The third-order valence-electron chi connectivity index (χ3n) is 2.75. The summed E-state index contributed by atoms with van der Waals surface area (Å²) in [5.74, 6) is 0.176. The van der Waals surface area contributed by atoms with E-state index in [0.29, 0.717) is 11.4 Å². The number of pyridine rings is 1. The first-order valence-electron chi connectivity index (χ1n) is 5.63. The summed E-state index contributed by atoms with van der Waals surface area (Å²) in [6, 6.07) is 7.92. The van der Waals surface area contributed by atoms with E-state index in [0.717, 1.165) is 11.1 Å². The maximum absolute atomic E-state index is 13.4. The van der Waals surface area contributed by atoms with Crippen molar-refractivity contribution in [1.29, 1.82) is 0 Å². The van der Waals surface area contributed by atoms with Crippen LogP contribution in [-0.2, 0) is 0 Å². The van der Waals surface area contributed by atoms with E-state index in [4.69, 9.17) is 10.5 Å². The van der Waals surface area contributed by atoms with E-state index in [1.54, 1.807) is 12.3 Å². The fourth-order valence-corrected chi connectivity index (χ4v) is 1.93. The van der Waals surface area contributed by atoms with Crippen LogP contribution in [0.2, 0.25) is 0 Å². The minimum Gasteiger partial charge on any atom is -0.481 e. The summed E-state index contributed by atoms with van der Waals surface area (Å²) in [6.07, 6.45) is 1.63. The largest absolute Gasteiger partial charge is 0.481 e. The van der Waals surface area contributed by atoms with Crippen molar-refractivity contribution >= 4 is 0 Å². The Kier molecular flexibility index (Phi) is 3.58. The molecular weight excluding hydrogens is 231 g/mol. The van der Waals surface area contributed by atoms with Crippen molar-refractivity contribution in [3.05, 3.63) is 59.0 Å². The van der Waals surface area contributed by atoms with Crippen LogP contribution in [0.1, 0.15) is 22.7 Å². The zero-order valence-electron chi connectivity index (χ0n) is 10.4. The molecule has 0 fully saturated rings. The first-order valence-corrected chi connectivity index (χ1v) is 5.63. The smallest absolute Gasteiger partial charge is 0.218 e. The maximum Gasteiger partial charge on any atom is 0.218 e. The Morgan fingerprint density at radius 1 is 1.33 bits per heavy atom. The van der Waals surface area contributed by atoms with E-state index in [1.807, 2.05) is 19.1 Å². The van der Waals surface area contributed by atoms with Crippen molar-refractivity contribution in [2.24, 2.45) is 5.73 Å². The topological polar surface area (TPSA) is 48.1 Å². The lowest BCUT2D eigenvalue weighted by atomic mass is 9.99. The lowest BCUT2D eigenvalue weighted by Gasteiger charge is -2.15. The number of nitrogens with two attached hydrogens (primary N) is 1. The molecule has 1 aromatic carbocycles. The molecule has 0 aliphatic carbocycles. The summed E-state index contributed by atoms with van der Waals surface area (Å²) in [6.45, 7) is 1.83. The van der Waals surface area contributed by atoms with Crippen molar-refractivity contribution in [2.75, 3.05) is 7.11 Å². The Bertz CT molecular complexity index is 537. The SMILES string of the molecule is COc1ncccc1C(N)c1cc(C)cc(F)c1. The van der Waals surface area contributed by atoms with Gasteiger partial charge in [0, 0.05) is 11.8 Å². The molecule has 2 rings (SSSR count). The molecule has 3 nitrogen and oxygen atoms in total. The third-order valence-corrected chi connectivity index (χ3v) is 2.75. The molecule has 0 saturated carbocycles. The number of ether oxygens (including phenoxy) is 1. The average molecular weight is 246 g/mol. The Labute approximate surface area is 105 Å². The lowest BCUT2D eigenvalue weighted by molar-refractivity contribution is 0.390. The monoisotopic (exact) mass is 246 g/mol. The second kappa shape index (κ2) is 5.14. The molecule has 0 saturated heterocycles. The number of aryl methyl sites for hydroxylation is 1. The van der Waals surface area contributed by atoms with Gasteiger partial charge >= 0.3 is 0 Å². The number of hydrogen-bond acceptors (Lipinski definition) is 3. The summed E-state index contributed by atoms with van der Waals surface area (Å²) in [7, 11) is 1.54. The molecule has 0 aliphatic heterocycles. The predicted molar refractivity (Wildman–Crippen MR) is 68.0 cm³/mol. The highest BCUT2D eigenvalue weighted by Crippen LogP contribution is 2.27. The van der Waals surface area contributed by atoms with Crippen LogP contribution in [-0.4, -0.2) is 12.1 Å². The van der Waals surface area contributed by atoms with E-state index in [9.17, 15) is 4.39 Å². The summed E-state index contributed by atoms with van der Waals surface area (Å²) >= 11 is 0. The molecule has 1 heterocycles. The van der Waals surface area contributed by atoms with E-state index < -0.39 is 6.04 Å². The number of hydrogen-bond donors (Lipinski definition) is 1. The number of halogens is 1. The number of benzene rings is 1. The minimum absolute atomic E-state index is 0.289. The van der Waals surface area contributed by atoms with Gasteiger partial charge < -0.3 is 10.5 Å². The quantitative estimate of drug-likeness (QED) is 0.905. The normalized spacial score (nSPS) is 12.2. The number of rotatable bonds is 3. The molecule has 2 aromatic rings. The number of aromatic nitrogens is 1. The highest BCUT2D eigenvalue weighted by molar-refractivity contribution is 5.38. The molecule has 1 atom stereocenters. The third kappa shape index (κ3) is 2.49. The summed E-state index contributed by atoms with van der Waals surface area (Å²) in [5.41, 5.74) is 8.43. The molecule has 0 amide bonds. The molecule has 4 heteroatoms. The van der Waals surface area contributed by atoms with Crippen LogP contribution < -0.4 is 10.5 Å². The van der Waals surface area contributed by atoms with Crippen LogP contribution >= 0.6 is 0 Å². The molecule has 1 aromatic heterocycles. The van der Waals surface area contributed by atoms with Gasteiger partial charge in [-0.1, -0.05) is 12.1 Å². The first kappa shape index (κ1) is 12.5. The molecule has 18 heavy (non-hydrogen) atoms. The predicted octanol–water partition coefficient (Wildman–Crippen LogP) is 2.59. The van der Waals surface area contributed by atoms with E-state index in [1.165, 1.54) is 19.2 Å². The Morgan fingerprint density at radius 2 is 2.11 bits per heavy atom. The average Bonchev–Trinajstić information content (AvgIpc) is 2.36. The second-order valence-corrected chi connectivity index (χ2v) is 4.14. The Balaban J connectivity index is 2.44. The van der Waals surface area contributed by atoms with Crippen molar-refractivity contribution < 1.29 is 9.13 Å².